The fourth-order valence-electron chi connectivity index (χ4n) is 5.32. The zero-order valence-corrected chi connectivity index (χ0v) is 11.8. The topological polar surface area (TPSA) is 32.3 Å². The fourth-order valence-corrected chi connectivity index (χ4v) is 5.32. The first kappa shape index (κ1) is 12.2. The Kier molecular flexibility index (Phi) is 3.06. The fraction of sp³-hybridized carbons (Fsp3) is 0.938. The number of fused-ring (bicyclic) bond motifs is 1. The molecule has 0 radical (unpaired) electrons. The Labute approximate surface area is 116 Å². The second kappa shape index (κ2) is 4.76. The highest BCUT2D eigenvalue weighted by Gasteiger charge is 2.45. The van der Waals surface area contributed by atoms with Gasteiger partial charge in [0.2, 0.25) is 5.91 Å². The lowest BCUT2D eigenvalue weighted by molar-refractivity contribution is -0.137. The lowest BCUT2D eigenvalue weighted by Gasteiger charge is -2.39. The van der Waals surface area contributed by atoms with Crippen LogP contribution >= 0.6 is 0 Å². The number of nitrogens with zero attached hydrogens (tertiary/aromatic N) is 1. The van der Waals surface area contributed by atoms with Crippen LogP contribution < -0.4 is 5.32 Å². The summed E-state index contributed by atoms with van der Waals surface area (Å²) >= 11 is 0. The molecule has 0 aromatic carbocycles. The Morgan fingerprint density at radius 3 is 2.37 bits per heavy atom. The molecule has 3 heteroatoms. The van der Waals surface area contributed by atoms with Gasteiger partial charge in [-0.25, -0.2) is 0 Å². The summed E-state index contributed by atoms with van der Waals surface area (Å²) in [6.45, 7) is 2.10. The molecule has 3 atom stereocenters. The van der Waals surface area contributed by atoms with Gasteiger partial charge in [-0.1, -0.05) is 6.42 Å². The highest BCUT2D eigenvalue weighted by atomic mass is 16.2. The van der Waals surface area contributed by atoms with Crippen LogP contribution in [0.15, 0.2) is 0 Å². The van der Waals surface area contributed by atoms with Crippen molar-refractivity contribution >= 4 is 5.91 Å². The first-order valence-corrected chi connectivity index (χ1v) is 8.33. The minimum atomic E-state index is 0.129. The van der Waals surface area contributed by atoms with E-state index in [2.05, 4.69) is 10.2 Å². The Morgan fingerprint density at radius 1 is 0.947 bits per heavy atom. The number of piperidine rings is 1. The van der Waals surface area contributed by atoms with E-state index in [1.165, 1.54) is 44.9 Å². The highest BCUT2D eigenvalue weighted by Crippen LogP contribution is 2.47. The molecular formula is C16H26N2O. The van der Waals surface area contributed by atoms with Crippen molar-refractivity contribution in [2.45, 2.75) is 63.5 Å². The average molecular weight is 262 g/mol. The van der Waals surface area contributed by atoms with Crippen LogP contribution in [0.4, 0.5) is 0 Å². The molecule has 1 N–H and O–H groups in total. The third-order valence-corrected chi connectivity index (χ3v) is 6.00. The first-order valence-electron chi connectivity index (χ1n) is 8.33. The van der Waals surface area contributed by atoms with Crippen molar-refractivity contribution < 1.29 is 4.79 Å². The van der Waals surface area contributed by atoms with Gasteiger partial charge >= 0.3 is 0 Å². The van der Waals surface area contributed by atoms with Gasteiger partial charge in [-0.3, -0.25) is 4.79 Å². The minimum Gasteiger partial charge on any atom is -0.338 e. The third kappa shape index (κ3) is 2.20. The molecule has 4 bridgehead atoms. The van der Waals surface area contributed by atoms with E-state index >= 15 is 0 Å². The van der Waals surface area contributed by atoms with Gasteiger partial charge in [0, 0.05) is 12.6 Å². The molecule has 2 saturated carbocycles. The van der Waals surface area contributed by atoms with Crippen LogP contribution in [0.3, 0.4) is 0 Å². The monoisotopic (exact) mass is 262 g/mol. The molecule has 3 heterocycles. The smallest absolute Gasteiger partial charge is 0.239 e. The molecular weight excluding hydrogens is 236 g/mol. The number of hydrogen-bond donors (Lipinski definition) is 1. The molecule has 5 rings (SSSR count). The van der Waals surface area contributed by atoms with Crippen LogP contribution in [0.5, 0.6) is 0 Å². The lowest BCUT2D eigenvalue weighted by atomic mass is 9.68. The molecule has 5 fully saturated rings. The summed E-state index contributed by atoms with van der Waals surface area (Å²) < 4.78 is 0. The van der Waals surface area contributed by atoms with E-state index < -0.39 is 0 Å². The molecule has 0 aromatic heterocycles. The van der Waals surface area contributed by atoms with Crippen molar-refractivity contribution in [2.75, 3.05) is 13.1 Å². The molecule has 3 aliphatic heterocycles. The van der Waals surface area contributed by atoms with E-state index in [1.807, 2.05) is 0 Å². The van der Waals surface area contributed by atoms with Gasteiger partial charge in [0.25, 0.3) is 0 Å². The van der Waals surface area contributed by atoms with E-state index in [-0.39, 0.29) is 6.04 Å². The van der Waals surface area contributed by atoms with Crippen LogP contribution in [0.2, 0.25) is 0 Å². The summed E-state index contributed by atoms with van der Waals surface area (Å²) in [5, 5.41) is 3.45. The first-order chi connectivity index (χ1) is 9.29. The third-order valence-electron chi connectivity index (χ3n) is 6.00. The average Bonchev–Trinajstić information content (AvgIpc) is 2.63. The molecule has 1 amide bonds. The molecule has 2 aliphatic carbocycles. The Hall–Kier alpha value is -0.570. The molecule has 5 aliphatic rings. The zero-order chi connectivity index (χ0) is 12.8. The van der Waals surface area contributed by atoms with E-state index in [1.54, 1.807) is 0 Å². The van der Waals surface area contributed by atoms with Gasteiger partial charge in [0.05, 0.1) is 6.04 Å². The normalized spacial score (nSPS) is 45.3. The lowest BCUT2D eigenvalue weighted by Crippen LogP contribution is -2.52. The van der Waals surface area contributed by atoms with Crippen molar-refractivity contribution in [3.8, 4) is 0 Å². The number of hydrogen-bond acceptors (Lipinski definition) is 2. The highest BCUT2D eigenvalue weighted by molar-refractivity contribution is 5.82. The summed E-state index contributed by atoms with van der Waals surface area (Å²) in [7, 11) is 0. The molecule has 3 nitrogen and oxygen atoms in total. The van der Waals surface area contributed by atoms with E-state index in [4.69, 9.17) is 0 Å². The second-order valence-electron chi connectivity index (χ2n) is 7.42. The van der Waals surface area contributed by atoms with Crippen LogP contribution in [0.25, 0.3) is 0 Å². The summed E-state index contributed by atoms with van der Waals surface area (Å²) in [6, 6.07) is 0.705. The van der Waals surface area contributed by atoms with E-state index in [0.717, 1.165) is 37.3 Å². The quantitative estimate of drug-likeness (QED) is 0.785. The maximum atomic E-state index is 12.8. The molecule has 3 unspecified atom stereocenters. The van der Waals surface area contributed by atoms with Crippen LogP contribution in [0.1, 0.15) is 51.4 Å². The summed E-state index contributed by atoms with van der Waals surface area (Å²) in [6.07, 6.45) is 10.4. The van der Waals surface area contributed by atoms with Gasteiger partial charge in [0.15, 0.2) is 0 Å². The molecule has 19 heavy (non-hydrogen) atoms. The van der Waals surface area contributed by atoms with Crippen molar-refractivity contribution in [2.24, 2.45) is 17.8 Å². The number of carbonyl (C=O) groups is 1. The predicted octanol–water partition coefficient (Wildman–Crippen LogP) is 2.17. The standard InChI is InChI=1S/C16H26N2O/c19-16(15-3-1-2-4-17-15)18-10-13-6-11-5-12(7-13)9-14(18)8-11/h11-15,17H,1-10H2. The largest absolute Gasteiger partial charge is 0.338 e. The zero-order valence-electron chi connectivity index (χ0n) is 11.8. The van der Waals surface area contributed by atoms with Gasteiger partial charge < -0.3 is 10.2 Å². The van der Waals surface area contributed by atoms with Crippen LogP contribution in [-0.2, 0) is 4.79 Å². The number of nitrogens with one attached hydrogen (secondary N) is 1. The Balaban J connectivity index is 1.52. The maximum Gasteiger partial charge on any atom is 0.239 e. The Morgan fingerprint density at radius 2 is 1.68 bits per heavy atom. The van der Waals surface area contributed by atoms with Gasteiger partial charge in [-0.2, -0.15) is 0 Å². The van der Waals surface area contributed by atoms with Crippen molar-refractivity contribution in [3.05, 3.63) is 0 Å². The summed E-state index contributed by atoms with van der Waals surface area (Å²) in [4.78, 5) is 15.1. The van der Waals surface area contributed by atoms with Crippen molar-refractivity contribution in [1.82, 2.24) is 10.2 Å². The summed E-state index contributed by atoms with van der Waals surface area (Å²) in [5.41, 5.74) is 0. The van der Waals surface area contributed by atoms with Gasteiger partial charge in [-0.15, -0.1) is 0 Å². The van der Waals surface area contributed by atoms with Gasteiger partial charge in [0.1, 0.15) is 0 Å². The molecule has 0 spiro atoms. The van der Waals surface area contributed by atoms with Crippen LogP contribution in [0, 0.1) is 17.8 Å². The van der Waals surface area contributed by atoms with Crippen molar-refractivity contribution in [3.63, 3.8) is 0 Å². The molecule has 0 aromatic rings. The second-order valence-corrected chi connectivity index (χ2v) is 7.42. The molecule has 106 valence electrons. The summed E-state index contributed by atoms with van der Waals surface area (Å²) in [5.74, 6) is 3.10. The Bertz CT molecular complexity index is 350. The maximum absolute atomic E-state index is 12.8. The van der Waals surface area contributed by atoms with Crippen molar-refractivity contribution in [1.29, 1.82) is 0 Å². The number of rotatable bonds is 1. The number of carbonyl (C=O) groups excluding carboxylic acids is 1. The SMILES string of the molecule is O=C(C1CCCCN1)N1CC2CC3CC(C2)CC1C3. The van der Waals surface area contributed by atoms with Crippen LogP contribution in [-0.4, -0.2) is 36.0 Å². The van der Waals surface area contributed by atoms with E-state index in [0.29, 0.717) is 11.9 Å². The molecule has 3 saturated heterocycles. The van der Waals surface area contributed by atoms with Gasteiger partial charge in [-0.05, 0) is 69.2 Å². The van der Waals surface area contributed by atoms with E-state index in [9.17, 15) is 4.79 Å². The number of amides is 1. The predicted molar refractivity (Wildman–Crippen MR) is 74.7 cm³/mol. The minimum absolute atomic E-state index is 0.129.